The molecule has 1 aliphatic heterocycles. The molecule has 0 aliphatic carbocycles. The fraction of sp³-hybridized carbons (Fsp3) is 0.281. The number of carbonyl (C=O) groups excluding carboxylic acids is 1. The zero-order valence-electron chi connectivity index (χ0n) is 23.4. The van der Waals surface area contributed by atoms with Gasteiger partial charge in [-0.05, 0) is 105 Å². The van der Waals surface area contributed by atoms with Crippen LogP contribution in [0.3, 0.4) is 0 Å². The molecule has 2 N–H and O–H groups in total. The Hall–Kier alpha value is -3.97. The van der Waals surface area contributed by atoms with E-state index in [0.29, 0.717) is 11.5 Å². The maximum atomic E-state index is 12.0. The number of rotatable bonds is 6. The first-order valence-corrected chi connectivity index (χ1v) is 13.8. The Kier molecular flexibility index (Phi) is 7.28. The van der Waals surface area contributed by atoms with Gasteiger partial charge in [-0.25, -0.2) is 0 Å². The van der Waals surface area contributed by atoms with E-state index in [4.69, 9.17) is 17.2 Å². The van der Waals surface area contributed by atoms with Gasteiger partial charge >= 0.3 is 0 Å². The van der Waals surface area contributed by atoms with E-state index >= 15 is 0 Å². The van der Waals surface area contributed by atoms with Crippen molar-refractivity contribution in [3.05, 3.63) is 106 Å². The van der Waals surface area contributed by atoms with Crippen LogP contribution in [-0.4, -0.2) is 20.6 Å². The molecule has 1 amide bonds. The van der Waals surface area contributed by atoms with E-state index in [1.807, 2.05) is 44.3 Å². The van der Waals surface area contributed by atoms with E-state index in [9.17, 15) is 4.79 Å². The topological polar surface area (TPSA) is 62.2 Å². The number of thiocarbonyl (C=S) groups is 1. The molecule has 6 nitrogen and oxygen atoms in total. The molecule has 0 spiro atoms. The number of aryl methyl sites for hydroxylation is 4. The molecular formula is C32H35N5OS. The maximum Gasteiger partial charge on any atom is 0.224 e. The van der Waals surface area contributed by atoms with Gasteiger partial charge in [0.2, 0.25) is 5.91 Å². The minimum Gasteiger partial charge on any atom is -0.351 e. The van der Waals surface area contributed by atoms with Crippen molar-refractivity contribution in [2.75, 3.05) is 10.2 Å². The summed E-state index contributed by atoms with van der Waals surface area (Å²) in [4.78, 5) is 19.0. The lowest BCUT2D eigenvalue weighted by Gasteiger charge is -2.29. The summed E-state index contributed by atoms with van der Waals surface area (Å²) in [5.74, 6) is -0.00348. The number of hydrogen-bond donors (Lipinski definition) is 2. The summed E-state index contributed by atoms with van der Waals surface area (Å²) in [7, 11) is 0. The van der Waals surface area contributed by atoms with Crippen LogP contribution >= 0.6 is 12.2 Å². The lowest BCUT2D eigenvalue weighted by atomic mass is 9.96. The standard InChI is InChI=1S/C32H35N5OS/c1-7-28(38)34-26-15-14-24(17-21(26)4)37-31(29(35-32(37)39)27-13-8-9-16-33-27)25-18-22(5)36(23(25)6)30-19(2)11-10-12-20(30)3/h8-18,29,31H,7H2,1-6H3,(H,34,38)(H,35,39)/t29-,31-/m0/s1. The Morgan fingerprint density at radius 3 is 2.36 bits per heavy atom. The highest BCUT2D eigenvalue weighted by Gasteiger charge is 2.42. The Balaban J connectivity index is 1.66. The fourth-order valence-electron chi connectivity index (χ4n) is 5.72. The monoisotopic (exact) mass is 537 g/mol. The van der Waals surface area contributed by atoms with E-state index in [1.165, 1.54) is 33.8 Å². The van der Waals surface area contributed by atoms with Gasteiger partial charge < -0.3 is 20.1 Å². The van der Waals surface area contributed by atoms with Gasteiger partial charge in [0.25, 0.3) is 0 Å². The molecule has 3 heterocycles. The van der Waals surface area contributed by atoms with E-state index in [1.54, 1.807) is 0 Å². The van der Waals surface area contributed by atoms with Crippen LogP contribution in [0.25, 0.3) is 5.69 Å². The Bertz CT molecular complexity index is 1540. The Morgan fingerprint density at radius 1 is 0.974 bits per heavy atom. The molecule has 4 aromatic rings. The summed E-state index contributed by atoms with van der Waals surface area (Å²) in [6, 6.07) is 20.6. The molecule has 200 valence electrons. The first-order valence-electron chi connectivity index (χ1n) is 13.4. The maximum absolute atomic E-state index is 12.0. The Morgan fingerprint density at radius 2 is 1.72 bits per heavy atom. The Labute approximate surface area is 236 Å². The van der Waals surface area contributed by atoms with Crippen LogP contribution in [0.1, 0.15) is 64.8 Å². The van der Waals surface area contributed by atoms with E-state index in [2.05, 4.69) is 84.2 Å². The lowest BCUT2D eigenvalue weighted by Crippen LogP contribution is -2.29. The van der Waals surface area contributed by atoms with Crippen molar-refractivity contribution >= 4 is 34.6 Å². The smallest absolute Gasteiger partial charge is 0.224 e. The quantitative estimate of drug-likeness (QED) is 0.261. The number of benzene rings is 2. The number of carbonyl (C=O) groups is 1. The molecule has 0 bridgehead atoms. The molecule has 1 fully saturated rings. The molecule has 2 atom stereocenters. The third kappa shape index (κ3) is 4.83. The predicted octanol–water partition coefficient (Wildman–Crippen LogP) is 6.94. The summed E-state index contributed by atoms with van der Waals surface area (Å²) in [6.45, 7) is 12.6. The largest absolute Gasteiger partial charge is 0.351 e. The molecule has 1 aliphatic rings. The first kappa shape index (κ1) is 26.6. The number of para-hydroxylation sites is 1. The van der Waals surface area contributed by atoms with Crippen LogP contribution in [0, 0.1) is 34.6 Å². The summed E-state index contributed by atoms with van der Waals surface area (Å²) < 4.78 is 2.36. The second-order valence-electron chi connectivity index (χ2n) is 10.3. The zero-order valence-corrected chi connectivity index (χ0v) is 24.2. The second-order valence-corrected chi connectivity index (χ2v) is 10.7. The van der Waals surface area contributed by atoms with Gasteiger partial charge in [-0.3, -0.25) is 9.78 Å². The number of anilines is 2. The van der Waals surface area contributed by atoms with Crippen molar-refractivity contribution in [1.82, 2.24) is 14.9 Å². The van der Waals surface area contributed by atoms with E-state index < -0.39 is 0 Å². The van der Waals surface area contributed by atoms with E-state index in [-0.39, 0.29) is 18.0 Å². The molecule has 0 radical (unpaired) electrons. The third-order valence-corrected chi connectivity index (χ3v) is 7.95. The van der Waals surface area contributed by atoms with Crippen LogP contribution < -0.4 is 15.5 Å². The minimum absolute atomic E-state index is 0.00348. The molecular weight excluding hydrogens is 502 g/mol. The highest BCUT2D eigenvalue weighted by Crippen LogP contribution is 2.44. The number of nitrogens with one attached hydrogen (secondary N) is 2. The van der Waals surface area contributed by atoms with Crippen LogP contribution in [0.15, 0.2) is 66.9 Å². The van der Waals surface area contributed by atoms with Crippen molar-refractivity contribution in [2.45, 2.75) is 60.0 Å². The van der Waals surface area contributed by atoms with Crippen molar-refractivity contribution in [1.29, 1.82) is 0 Å². The highest BCUT2D eigenvalue weighted by molar-refractivity contribution is 7.80. The SMILES string of the molecule is CCC(=O)Nc1ccc(N2C(=S)N[C@@H](c3ccccn3)[C@@H]2c2cc(C)n(-c3c(C)cccc3C)c2C)cc1C. The molecule has 2 aromatic heterocycles. The van der Waals surface area contributed by atoms with Gasteiger partial charge in [0.1, 0.15) is 0 Å². The van der Waals surface area contributed by atoms with Crippen LogP contribution in [-0.2, 0) is 4.79 Å². The average molecular weight is 538 g/mol. The van der Waals surface area contributed by atoms with E-state index in [0.717, 1.165) is 22.6 Å². The number of hydrogen-bond acceptors (Lipinski definition) is 3. The number of amides is 1. The minimum atomic E-state index is -0.134. The molecule has 5 rings (SSSR count). The lowest BCUT2D eigenvalue weighted by molar-refractivity contribution is -0.115. The molecule has 39 heavy (non-hydrogen) atoms. The van der Waals surface area contributed by atoms with Gasteiger partial charge in [0.05, 0.1) is 23.5 Å². The summed E-state index contributed by atoms with van der Waals surface area (Å²) in [5, 5.41) is 7.22. The predicted molar refractivity (Wildman–Crippen MR) is 163 cm³/mol. The summed E-state index contributed by atoms with van der Waals surface area (Å²) in [5.41, 5.74) is 10.9. The average Bonchev–Trinajstić information content (AvgIpc) is 3.41. The van der Waals surface area contributed by atoms with Crippen LogP contribution in [0.5, 0.6) is 0 Å². The van der Waals surface area contributed by atoms with Crippen LogP contribution in [0.2, 0.25) is 0 Å². The van der Waals surface area contributed by atoms with Gasteiger partial charge in [-0.1, -0.05) is 31.2 Å². The van der Waals surface area contributed by atoms with Gasteiger partial charge in [0.15, 0.2) is 5.11 Å². The molecule has 1 saturated heterocycles. The summed E-state index contributed by atoms with van der Waals surface area (Å²) in [6.07, 6.45) is 2.26. The van der Waals surface area contributed by atoms with Gasteiger partial charge in [-0.15, -0.1) is 0 Å². The first-order chi connectivity index (χ1) is 18.7. The van der Waals surface area contributed by atoms with Crippen molar-refractivity contribution in [2.24, 2.45) is 0 Å². The number of pyridine rings is 1. The molecule has 0 saturated carbocycles. The van der Waals surface area contributed by atoms with Crippen molar-refractivity contribution in [3.8, 4) is 5.69 Å². The van der Waals surface area contributed by atoms with Gasteiger partial charge in [0, 0.05) is 35.4 Å². The van der Waals surface area contributed by atoms with Crippen LogP contribution in [0.4, 0.5) is 11.4 Å². The zero-order chi connectivity index (χ0) is 27.8. The molecule has 7 heteroatoms. The van der Waals surface area contributed by atoms with Gasteiger partial charge in [-0.2, -0.15) is 0 Å². The molecule has 0 unspecified atom stereocenters. The number of nitrogens with zero attached hydrogens (tertiary/aromatic N) is 3. The summed E-state index contributed by atoms with van der Waals surface area (Å²) >= 11 is 5.97. The normalized spacial score (nSPS) is 16.9. The number of aromatic nitrogens is 2. The van der Waals surface area contributed by atoms with Crippen molar-refractivity contribution < 1.29 is 4.79 Å². The van der Waals surface area contributed by atoms with Crippen molar-refractivity contribution in [3.63, 3.8) is 0 Å². The fourth-order valence-corrected chi connectivity index (χ4v) is 6.06. The third-order valence-electron chi connectivity index (χ3n) is 7.63. The second kappa shape index (κ2) is 10.7. The highest BCUT2D eigenvalue weighted by atomic mass is 32.1. The molecule has 2 aromatic carbocycles.